The third-order valence-corrected chi connectivity index (χ3v) is 3.48. The summed E-state index contributed by atoms with van der Waals surface area (Å²) in [5.41, 5.74) is 6.27. The maximum atomic E-state index is 5.55. The van der Waals surface area contributed by atoms with Crippen LogP contribution in [0.5, 0.6) is 5.75 Å². The smallest absolute Gasteiger partial charge is 0.154 e. The first kappa shape index (κ1) is 11.4. The monoisotopic (exact) mass is 256 g/mol. The Morgan fingerprint density at radius 1 is 1.00 bits per heavy atom. The largest absolute Gasteiger partial charge is 0.385 e. The van der Waals surface area contributed by atoms with Crippen LogP contribution in [0.15, 0.2) is 48.0 Å². The predicted octanol–water partition coefficient (Wildman–Crippen LogP) is 4.85. The highest BCUT2D eigenvalue weighted by Gasteiger charge is 2.16. The second-order valence-electron chi connectivity index (χ2n) is 4.62. The van der Waals surface area contributed by atoms with Gasteiger partial charge >= 0.3 is 0 Å². The highest BCUT2D eigenvalue weighted by Crippen LogP contribution is 2.38. The molecule has 0 fully saturated rings. The molecule has 1 aliphatic carbocycles. The summed E-state index contributed by atoms with van der Waals surface area (Å²) in [5.74, 6) is 0.700. The lowest BCUT2D eigenvalue weighted by Crippen LogP contribution is -1.89. The molecule has 0 heterocycles. The standard InChI is InChI=1S/C16H13ClO/c1-11-9-12-5-4-7-13(15(12)10-11)14-6-2-3-8-16(14)18-17/h2-8,10H,9H2,1H3. The van der Waals surface area contributed by atoms with Crippen molar-refractivity contribution in [2.75, 3.05) is 0 Å². The van der Waals surface area contributed by atoms with Gasteiger partial charge in [0.2, 0.25) is 0 Å². The third kappa shape index (κ3) is 1.81. The first-order valence-corrected chi connectivity index (χ1v) is 6.27. The van der Waals surface area contributed by atoms with Crippen LogP contribution in [0.3, 0.4) is 0 Å². The Morgan fingerprint density at radius 3 is 2.61 bits per heavy atom. The maximum Gasteiger partial charge on any atom is 0.154 e. The minimum atomic E-state index is 0.700. The molecule has 18 heavy (non-hydrogen) atoms. The molecule has 0 bridgehead atoms. The van der Waals surface area contributed by atoms with Gasteiger partial charge in [-0.25, -0.2) is 0 Å². The molecule has 0 aliphatic heterocycles. The Bertz CT molecular complexity index is 629. The van der Waals surface area contributed by atoms with Gasteiger partial charge in [0.25, 0.3) is 0 Å². The van der Waals surface area contributed by atoms with Gasteiger partial charge in [-0.15, -0.1) is 0 Å². The summed E-state index contributed by atoms with van der Waals surface area (Å²) in [6, 6.07) is 14.2. The molecule has 2 heteroatoms. The van der Waals surface area contributed by atoms with Crippen LogP contribution in [-0.4, -0.2) is 0 Å². The average molecular weight is 257 g/mol. The van der Waals surface area contributed by atoms with Crippen molar-refractivity contribution < 1.29 is 4.29 Å². The van der Waals surface area contributed by atoms with Crippen molar-refractivity contribution in [3.63, 3.8) is 0 Å². The van der Waals surface area contributed by atoms with E-state index < -0.39 is 0 Å². The number of allylic oxidation sites excluding steroid dienone is 1. The minimum Gasteiger partial charge on any atom is -0.385 e. The van der Waals surface area contributed by atoms with Crippen LogP contribution in [-0.2, 0) is 6.42 Å². The van der Waals surface area contributed by atoms with Gasteiger partial charge in [-0.3, -0.25) is 0 Å². The van der Waals surface area contributed by atoms with E-state index in [1.54, 1.807) is 0 Å². The van der Waals surface area contributed by atoms with Crippen molar-refractivity contribution in [3.8, 4) is 16.9 Å². The van der Waals surface area contributed by atoms with Gasteiger partial charge in [0, 0.05) is 5.56 Å². The van der Waals surface area contributed by atoms with Crippen molar-refractivity contribution in [2.24, 2.45) is 0 Å². The van der Waals surface area contributed by atoms with Crippen LogP contribution in [0, 0.1) is 0 Å². The summed E-state index contributed by atoms with van der Waals surface area (Å²) in [5, 5.41) is 0. The van der Waals surface area contributed by atoms with E-state index in [4.69, 9.17) is 16.2 Å². The van der Waals surface area contributed by atoms with Crippen LogP contribution >= 0.6 is 11.9 Å². The molecule has 3 rings (SSSR count). The summed E-state index contributed by atoms with van der Waals surface area (Å²) in [6.07, 6.45) is 3.28. The van der Waals surface area contributed by atoms with Crippen LogP contribution in [0.1, 0.15) is 18.1 Å². The summed E-state index contributed by atoms with van der Waals surface area (Å²) in [7, 11) is 0. The quantitative estimate of drug-likeness (QED) is 0.747. The number of hydrogen-bond acceptors (Lipinski definition) is 1. The summed E-state index contributed by atoms with van der Waals surface area (Å²) < 4.78 is 4.94. The average Bonchev–Trinajstić information content (AvgIpc) is 2.78. The van der Waals surface area contributed by atoms with E-state index in [1.165, 1.54) is 22.3 Å². The molecular weight excluding hydrogens is 244 g/mol. The van der Waals surface area contributed by atoms with E-state index in [1.807, 2.05) is 24.3 Å². The van der Waals surface area contributed by atoms with Crippen molar-refractivity contribution in [2.45, 2.75) is 13.3 Å². The zero-order chi connectivity index (χ0) is 12.5. The van der Waals surface area contributed by atoms with Gasteiger partial charge in [0.15, 0.2) is 5.75 Å². The lowest BCUT2D eigenvalue weighted by atomic mass is 9.96. The maximum absolute atomic E-state index is 5.55. The Hall–Kier alpha value is -1.73. The number of para-hydroxylation sites is 1. The fraction of sp³-hybridized carbons (Fsp3) is 0.125. The number of halogens is 1. The molecule has 0 saturated heterocycles. The number of hydrogen-bond donors (Lipinski definition) is 0. The van der Waals surface area contributed by atoms with Crippen LogP contribution < -0.4 is 4.29 Å². The van der Waals surface area contributed by atoms with Gasteiger partial charge in [-0.1, -0.05) is 48.0 Å². The zero-order valence-electron chi connectivity index (χ0n) is 10.1. The van der Waals surface area contributed by atoms with Gasteiger partial charge in [0.1, 0.15) is 11.9 Å². The highest BCUT2D eigenvalue weighted by molar-refractivity contribution is 6.09. The number of fused-ring (bicyclic) bond motifs is 1. The highest BCUT2D eigenvalue weighted by atomic mass is 35.5. The Labute approximate surface area is 112 Å². The normalized spacial score (nSPS) is 13.1. The van der Waals surface area contributed by atoms with E-state index in [-0.39, 0.29) is 0 Å². The van der Waals surface area contributed by atoms with E-state index in [0.29, 0.717) is 5.75 Å². The van der Waals surface area contributed by atoms with Crippen LogP contribution in [0.2, 0.25) is 0 Å². The second kappa shape index (κ2) is 4.51. The number of rotatable bonds is 2. The van der Waals surface area contributed by atoms with Crippen molar-refractivity contribution in [3.05, 3.63) is 59.2 Å². The Balaban J connectivity index is 2.22. The zero-order valence-corrected chi connectivity index (χ0v) is 10.9. The van der Waals surface area contributed by atoms with Crippen LogP contribution in [0.4, 0.5) is 0 Å². The topological polar surface area (TPSA) is 9.23 Å². The second-order valence-corrected chi connectivity index (χ2v) is 4.77. The van der Waals surface area contributed by atoms with Gasteiger partial charge in [-0.05, 0) is 36.1 Å². The Kier molecular flexibility index (Phi) is 2.85. The van der Waals surface area contributed by atoms with Crippen LogP contribution in [0.25, 0.3) is 17.2 Å². The molecule has 0 aromatic heterocycles. The predicted molar refractivity (Wildman–Crippen MR) is 75.7 cm³/mol. The van der Waals surface area contributed by atoms with Crippen molar-refractivity contribution in [1.82, 2.24) is 0 Å². The molecule has 0 N–H and O–H groups in total. The molecule has 90 valence electrons. The van der Waals surface area contributed by atoms with Gasteiger partial charge in [0.05, 0.1) is 0 Å². The first-order valence-electron chi connectivity index (χ1n) is 5.96. The first-order chi connectivity index (χ1) is 8.79. The lowest BCUT2D eigenvalue weighted by molar-refractivity contribution is 0.621. The molecule has 2 aromatic carbocycles. The molecule has 0 atom stereocenters. The molecule has 0 unspecified atom stereocenters. The summed E-state index contributed by atoms with van der Waals surface area (Å²) in [6.45, 7) is 2.16. The van der Waals surface area contributed by atoms with E-state index in [0.717, 1.165) is 12.0 Å². The number of benzene rings is 2. The van der Waals surface area contributed by atoms with Crippen molar-refractivity contribution >= 4 is 17.9 Å². The molecule has 0 saturated carbocycles. The molecule has 1 aliphatic rings. The molecule has 0 radical (unpaired) electrons. The van der Waals surface area contributed by atoms with E-state index in [2.05, 4.69) is 31.2 Å². The molecule has 0 spiro atoms. The van der Waals surface area contributed by atoms with Gasteiger partial charge < -0.3 is 4.29 Å². The van der Waals surface area contributed by atoms with Crippen molar-refractivity contribution in [1.29, 1.82) is 0 Å². The van der Waals surface area contributed by atoms with E-state index >= 15 is 0 Å². The molecule has 1 nitrogen and oxygen atoms in total. The molecule has 2 aromatic rings. The SMILES string of the molecule is CC1=Cc2c(cccc2-c2ccccc2OCl)C1. The summed E-state index contributed by atoms with van der Waals surface area (Å²) in [4.78, 5) is 0. The molecular formula is C16H13ClO. The molecule has 0 amide bonds. The Morgan fingerprint density at radius 2 is 1.78 bits per heavy atom. The third-order valence-electron chi connectivity index (χ3n) is 3.32. The van der Waals surface area contributed by atoms with E-state index in [9.17, 15) is 0 Å². The fourth-order valence-electron chi connectivity index (χ4n) is 2.53. The minimum absolute atomic E-state index is 0.700. The lowest BCUT2D eigenvalue weighted by Gasteiger charge is -2.10. The summed E-state index contributed by atoms with van der Waals surface area (Å²) >= 11 is 5.55. The van der Waals surface area contributed by atoms with Gasteiger partial charge in [-0.2, -0.15) is 0 Å². The fourth-order valence-corrected chi connectivity index (χ4v) is 2.66.